The van der Waals surface area contributed by atoms with Crippen LogP contribution in [0.4, 0.5) is 0 Å². The van der Waals surface area contributed by atoms with Crippen LogP contribution in [0.1, 0.15) is 46.1 Å². The van der Waals surface area contributed by atoms with Gasteiger partial charge in [-0.2, -0.15) is 0 Å². The van der Waals surface area contributed by atoms with E-state index >= 15 is 0 Å². The van der Waals surface area contributed by atoms with Crippen molar-refractivity contribution in [2.45, 2.75) is 60.2 Å². The van der Waals surface area contributed by atoms with Gasteiger partial charge in [0.05, 0.1) is 23.2 Å². The molecule has 140 valence electrons. The van der Waals surface area contributed by atoms with Gasteiger partial charge < -0.3 is 9.47 Å². The Kier molecular flexibility index (Phi) is 9.10. The molecule has 0 saturated heterocycles. The molecule has 0 aliphatic rings. The highest BCUT2D eigenvalue weighted by atomic mass is 79.9. The maximum atomic E-state index is 6.02. The lowest BCUT2D eigenvalue weighted by Gasteiger charge is -2.15. The quantitative estimate of drug-likeness (QED) is 0.348. The molecule has 0 spiro atoms. The van der Waals surface area contributed by atoms with Gasteiger partial charge in [-0.3, -0.25) is 0 Å². The van der Waals surface area contributed by atoms with Crippen LogP contribution >= 0.6 is 15.9 Å². The van der Waals surface area contributed by atoms with Crippen molar-refractivity contribution in [2.75, 3.05) is 13.2 Å². The second-order valence-corrected chi connectivity index (χ2v) is 13.9. The highest BCUT2D eigenvalue weighted by Gasteiger charge is 2.12. The molecule has 0 amide bonds. The van der Waals surface area contributed by atoms with Crippen LogP contribution in [0.5, 0.6) is 11.5 Å². The van der Waals surface area contributed by atoms with Gasteiger partial charge in [-0.1, -0.05) is 53.3 Å². The van der Waals surface area contributed by atoms with E-state index in [0.29, 0.717) is 25.0 Å². The lowest BCUT2D eigenvalue weighted by atomic mass is 10.1. The summed E-state index contributed by atoms with van der Waals surface area (Å²) in [7, 11) is -1.45. The van der Waals surface area contributed by atoms with Gasteiger partial charge in [0.25, 0.3) is 0 Å². The lowest BCUT2D eigenvalue weighted by molar-refractivity contribution is 0.280. The molecule has 0 N–H and O–H groups in total. The molecule has 2 nitrogen and oxygen atoms in total. The van der Waals surface area contributed by atoms with Gasteiger partial charge in [0.1, 0.15) is 19.6 Å². The Morgan fingerprint density at radius 2 is 1.44 bits per heavy atom. The minimum Gasteiger partial charge on any atom is -0.492 e. The van der Waals surface area contributed by atoms with Crippen molar-refractivity contribution in [3.63, 3.8) is 0 Å². The molecule has 25 heavy (non-hydrogen) atoms. The molecule has 0 aliphatic heterocycles. The van der Waals surface area contributed by atoms with Crippen molar-refractivity contribution in [1.82, 2.24) is 0 Å². The third-order valence-corrected chi connectivity index (χ3v) is 5.01. The summed E-state index contributed by atoms with van der Waals surface area (Å²) in [5, 5.41) is 0. The summed E-state index contributed by atoms with van der Waals surface area (Å²) in [6.07, 6.45) is 2.07. The molecular formula is C21H33BrO2Si. The highest BCUT2D eigenvalue weighted by molar-refractivity contribution is 9.10. The van der Waals surface area contributed by atoms with Gasteiger partial charge in [-0.15, -0.1) is 5.54 Å². The van der Waals surface area contributed by atoms with Crippen LogP contribution in [0.3, 0.4) is 0 Å². The van der Waals surface area contributed by atoms with Crippen molar-refractivity contribution in [3.8, 4) is 23.0 Å². The maximum absolute atomic E-state index is 6.02. The number of benzene rings is 1. The van der Waals surface area contributed by atoms with E-state index < -0.39 is 8.07 Å². The molecule has 0 fully saturated rings. The fourth-order valence-electron chi connectivity index (χ4n) is 1.93. The molecule has 4 heteroatoms. The van der Waals surface area contributed by atoms with Crippen LogP contribution < -0.4 is 9.47 Å². The van der Waals surface area contributed by atoms with E-state index in [9.17, 15) is 0 Å². The van der Waals surface area contributed by atoms with Crippen LogP contribution in [0.15, 0.2) is 16.6 Å². The Morgan fingerprint density at radius 3 is 1.92 bits per heavy atom. The summed E-state index contributed by atoms with van der Waals surface area (Å²) in [5.74, 6) is 6.28. The summed E-state index contributed by atoms with van der Waals surface area (Å²) in [6, 6.07) is 4.02. The maximum Gasteiger partial charge on any atom is 0.136 e. The fraction of sp³-hybridized carbons (Fsp3) is 0.619. The minimum absolute atomic E-state index is 0.624. The van der Waals surface area contributed by atoms with E-state index in [1.54, 1.807) is 0 Å². The Hall–Kier alpha value is -0.923. The smallest absolute Gasteiger partial charge is 0.136 e. The lowest BCUT2D eigenvalue weighted by Crippen LogP contribution is -2.16. The largest absolute Gasteiger partial charge is 0.492 e. The molecular weight excluding hydrogens is 392 g/mol. The van der Waals surface area contributed by atoms with Crippen LogP contribution in [0, 0.1) is 23.3 Å². The molecule has 0 unspecified atom stereocenters. The number of rotatable bonds is 8. The summed E-state index contributed by atoms with van der Waals surface area (Å²) < 4.78 is 12.9. The zero-order valence-corrected chi connectivity index (χ0v) is 19.4. The first kappa shape index (κ1) is 22.1. The third-order valence-electron chi connectivity index (χ3n) is 3.51. The van der Waals surface area contributed by atoms with Crippen molar-refractivity contribution < 1.29 is 9.47 Å². The normalized spacial score (nSPS) is 11.4. The topological polar surface area (TPSA) is 18.5 Å². The van der Waals surface area contributed by atoms with Gasteiger partial charge >= 0.3 is 0 Å². The predicted octanol–water partition coefficient (Wildman–Crippen LogP) is 6.53. The van der Waals surface area contributed by atoms with E-state index in [4.69, 9.17) is 9.47 Å². The van der Waals surface area contributed by atoms with E-state index in [1.165, 1.54) is 0 Å². The Labute approximate surface area is 163 Å². The average molecular weight is 425 g/mol. The van der Waals surface area contributed by atoms with Gasteiger partial charge in [0.2, 0.25) is 0 Å². The zero-order chi connectivity index (χ0) is 19.0. The monoisotopic (exact) mass is 424 g/mol. The highest BCUT2D eigenvalue weighted by Crippen LogP contribution is 2.33. The molecule has 1 aromatic carbocycles. The summed E-state index contributed by atoms with van der Waals surface area (Å²) in [5.41, 5.74) is 4.36. The molecule has 1 aromatic rings. The van der Waals surface area contributed by atoms with Crippen molar-refractivity contribution in [3.05, 3.63) is 22.2 Å². The van der Waals surface area contributed by atoms with E-state index in [1.807, 2.05) is 12.1 Å². The molecule has 0 bridgehead atoms. The number of hydrogen-bond donors (Lipinski definition) is 0. The van der Waals surface area contributed by atoms with Crippen LogP contribution in [-0.2, 0) is 0 Å². The SMILES string of the molecule is CC(C)CCOc1cc(C#C[Si](C)(C)C)c(OCCC(C)C)cc1Br. The Morgan fingerprint density at radius 1 is 0.920 bits per heavy atom. The first-order valence-corrected chi connectivity index (χ1v) is 13.5. The molecule has 0 heterocycles. The molecule has 1 rings (SSSR count). The van der Waals surface area contributed by atoms with Crippen molar-refractivity contribution in [1.29, 1.82) is 0 Å². The number of halogens is 1. The zero-order valence-electron chi connectivity index (χ0n) is 16.8. The fourth-order valence-corrected chi connectivity index (χ4v) is 2.87. The van der Waals surface area contributed by atoms with Crippen LogP contribution in [0.25, 0.3) is 0 Å². The first-order chi connectivity index (χ1) is 11.6. The minimum atomic E-state index is -1.45. The molecule has 0 radical (unpaired) electrons. The van der Waals surface area contributed by atoms with Gasteiger partial charge in [-0.25, -0.2) is 0 Å². The molecule has 0 saturated carbocycles. The van der Waals surface area contributed by atoms with E-state index in [-0.39, 0.29) is 0 Å². The van der Waals surface area contributed by atoms with E-state index in [0.717, 1.165) is 34.4 Å². The summed E-state index contributed by atoms with van der Waals surface area (Å²) in [4.78, 5) is 0. The van der Waals surface area contributed by atoms with Gasteiger partial charge in [0, 0.05) is 6.07 Å². The predicted molar refractivity (Wildman–Crippen MR) is 114 cm³/mol. The van der Waals surface area contributed by atoms with Crippen LogP contribution in [0.2, 0.25) is 19.6 Å². The van der Waals surface area contributed by atoms with Gasteiger partial charge in [0.15, 0.2) is 0 Å². The van der Waals surface area contributed by atoms with E-state index in [2.05, 4.69) is 74.7 Å². The standard InChI is InChI=1S/C21H33BrO2Si/c1-16(2)8-11-23-20-15-19(22)21(24-12-9-17(3)4)14-18(20)10-13-25(5,6)7/h14-17H,8-9,11-12H2,1-7H3. The number of hydrogen-bond acceptors (Lipinski definition) is 2. The molecule has 0 aliphatic carbocycles. The average Bonchev–Trinajstić information content (AvgIpc) is 2.46. The molecule has 0 atom stereocenters. The van der Waals surface area contributed by atoms with Crippen LogP contribution in [-0.4, -0.2) is 21.3 Å². The summed E-state index contributed by atoms with van der Waals surface area (Å²) >= 11 is 3.62. The number of ether oxygens (including phenoxy) is 2. The third kappa shape index (κ3) is 9.37. The molecule has 0 aromatic heterocycles. The summed E-state index contributed by atoms with van der Waals surface area (Å²) in [6.45, 7) is 17.0. The Bertz CT molecular complexity index is 607. The van der Waals surface area contributed by atoms with Crippen molar-refractivity contribution >= 4 is 24.0 Å². The first-order valence-electron chi connectivity index (χ1n) is 9.21. The second-order valence-electron chi connectivity index (χ2n) is 8.34. The second kappa shape index (κ2) is 10.3. The Balaban J connectivity index is 3.04. The van der Waals surface area contributed by atoms with Crippen molar-refractivity contribution in [2.24, 2.45) is 11.8 Å². The van der Waals surface area contributed by atoms with Gasteiger partial charge in [-0.05, 0) is 46.7 Å².